The minimum absolute atomic E-state index is 0.0994. The Morgan fingerprint density at radius 3 is 2.68 bits per heavy atom. The van der Waals surface area contributed by atoms with Crippen LogP contribution in [0.3, 0.4) is 0 Å². The smallest absolute Gasteiger partial charge is 0.191 e. The molecule has 3 rings (SSSR count). The zero-order valence-corrected chi connectivity index (χ0v) is 16.4. The summed E-state index contributed by atoms with van der Waals surface area (Å²) in [6.45, 7) is 7.15. The van der Waals surface area contributed by atoms with Crippen molar-refractivity contribution in [3.05, 3.63) is 47.8 Å². The summed E-state index contributed by atoms with van der Waals surface area (Å²) in [5.41, 5.74) is 1.07. The van der Waals surface area contributed by atoms with Gasteiger partial charge in [-0.3, -0.25) is 9.89 Å². The zero-order valence-electron chi connectivity index (χ0n) is 16.4. The lowest BCUT2D eigenvalue weighted by molar-refractivity contribution is 0.0170. The number of aryl methyl sites for hydroxylation is 1. The molecular formula is C19H28FN7O. The Hall–Kier alpha value is -2.52. The molecule has 0 radical (unpaired) electrons. The molecule has 2 aromatic rings. The molecule has 1 atom stereocenters. The lowest BCUT2D eigenvalue weighted by atomic mass is 10.0. The lowest BCUT2D eigenvalue weighted by Gasteiger charge is -2.35. The van der Waals surface area contributed by atoms with Gasteiger partial charge in [0, 0.05) is 33.2 Å². The first-order valence-corrected chi connectivity index (χ1v) is 9.59. The van der Waals surface area contributed by atoms with E-state index in [1.165, 1.54) is 12.1 Å². The molecule has 2 N–H and O–H groups in total. The van der Waals surface area contributed by atoms with E-state index in [1.54, 1.807) is 13.4 Å². The first-order valence-electron chi connectivity index (χ1n) is 9.59. The minimum Gasteiger partial charge on any atom is -0.379 e. The van der Waals surface area contributed by atoms with Crippen molar-refractivity contribution in [1.82, 2.24) is 30.3 Å². The van der Waals surface area contributed by atoms with Crippen LogP contribution < -0.4 is 10.6 Å². The van der Waals surface area contributed by atoms with Crippen LogP contribution in [0.4, 0.5) is 4.39 Å². The number of nitrogens with zero attached hydrogens (tertiary/aromatic N) is 5. The highest BCUT2D eigenvalue weighted by molar-refractivity contribution is 5.79. The van der Waals surface area contributed by atoms with Gasteiger partial charge in [0.25, 0.3) is 0 Å². The molecule has 1 unspecified atom stereocenters. The van der Waals surface area contributed by atoms with Gasteiger partial charge in [-0.05, 0) is 24.6 Å². The van der Waals surface area contributed by atoms with Crippen LogP contribution in [0.15, 0.2) is 35.6 Å². The van der Waals surface area contributed by atoms with Gasteiger partial charge in [-0.1, -0.05) is 12.1 Å². The SMILES string of the molecule is CCn1cnnc1CNC(=NC)NCC(c1ccc(F)cc1)N1CCOCC1. The van der Waals surface area contributed by atoms with Crippen molar-refractivity contribution >= 4 is 5.96 Å². The van der Waals surface area contributed by atoms with Gasteiger partial charge in [-0.25, -0.2) is 4.39 Å². The topological polar surface area (TPSA) is 79.6 Å². The minimum atomic E-state index is -0.227. The average molecular weight is 389 g/mol. The van der Waals surface area contributed by atoms with Crippen LogP contribution in [-0.4, -0.2) is 65.5 Å². The molecule has 1 fully saturated rings. The number of morpholine rings is 1. The third-order valence-corrected chi connectivity index (χ3v) is 4.88. The van der Waals surface area contributed by atoms with Crippen molar-refractivity contribution in [3.63, 3.8) is 0 Å². The maximum Gasteiger partial charge on any atom is 0.191 e. The Labute approximate surface area is 164 Å². The second kappa shape index (κ2) is 10.1. The van der Waals surface area contributed by atoms with Crippen LogP contribution >= 0.6 is 0 Å². The van der Waals surface area contributed by atoms with Crippen molar-refractivity contribution in [2.45, 2.75) is 26.1 Å². The lowest BCUT2D eigenvalue weighted by Crippen LogP contribution is -2.46. The number of rotatable bonds is 7. The van der Waals surface area contributed by atoms with Gasteiger partial charge >= 0.3 is 0 Å². The number of hydrogen-bond acceptors (Lipinski definition) is 5. The second-order valence-corrected chi connectivity index (χ2v) is 6.56. The summed E-state index contributed by atoms with van der Waals surface area (Å²) in [6, 6.07) is 6.80. The van der Waals surface area contributed by atoms with E-state index in [9.17, 15) is 4.39 Å². The number of nitrogens with one attached hydrogen (secondary N) is 2. The third kappa shape index (κ3) is 5.26. The van der Waals surface area contributed by atoms with Crippen LogP contribution in [0.5, 0.6) is 0 Å². The molecule has 0 bridgehead atoms. The van der Waals surface area contributed by atoms with Gasteiger partial charge in [0.1, 0.15) is 12.1 Å². The summed E-state index contributed by atoms with van der Waals surface area (Å²) in [6.07, 6.45) is 1.72. The predicted octanol–water partition coefficient (Wildman–Crippen LogP) is 1.18. The molecule has 1 saturated heterocycles. The number of benzene rings is 1. The van der Waals surface area contributed by atoms with E-state index in [0.29, 0.717) is 32.3 Å². The number of halogens is 1. The number of guanidine groups is 1. The third-order valence-electron chi connectivity index (χ3n) is 4.88. The van der Waals surface area contributed by atoms with E-state index >= 15 is 0 Å². The van der Waals surface area contributed by atoms with Gasteiger partial charge in [-0.15, -0.1) is 10.2 Å². The molecular weight excluding hydrogens is 361 g/mol. The standard InChI is InChI=1S/C19H28FN7O/c1-3-26-14-24-25-18(26)13-23-19(21-2)22-12-17(27-8-10-28-11-9-27)15-4-6-16(20)7-5-15/h4-7,14,17H,3,8-13H2,1-2H3,(H2,21,22,23). The summed E-state index contributed by atoms with van der Waals surface area (Å²) < 4.78 is 20.8. The quantitative estimate of drug-likeness (QED) is 0.547. The monoisotopic (exact) mass is 389 g/mol. The Kier molecular flexibility index (Phi) is 7.32. The fraction of sp³-hybridized carbons (Fsp3) is 0.526. The van der Waals surface area contributed by atoms with Crippen LogP contribution in [0, 0.1) is 5.82 Å². The van der Waals surface area contributed by atoms with Gasteiger partial charge < -0.3 is 19.9 Å². The van der Waals surface area contributed by atoms with E-state index in [1.807, 2.05) is 16.7 Å². The molecule has 28 heavy (non-hydrogen) atoms. The van der Waals surface area contributed by atoms with Crippen molar-refractivity contribution in [2.24, 2.45) is 4.99 Å². The number of ether oxygens (including phenoxy) is 1. The Bertz CT molecular complexity index is 756. The molecule has 0 aliphatic carbocycles. The van der Waals surface area contributed by atoms with Crippen LogP contribution in [-0.2, 0) is 17.8 Å². The fourth-order valence-corrected chi connectivity index (χ4v) is 3.29. The van der Waals surface area contributed by atoms with E-state index in [4.69, 9.17) is 4.74 Å². The van der Waals surface area contributed by atoms with E-state index in [2.05, 4.69) is 37.6 Å². The Balaban J connectivity index is 1.63. The molecule has 1 aromatic carbocycles. The molecule has 1 aromatic heterocycles. The van der Waals surface area contributed by atoms with Crippen LogP contribution in [0.2, 0.25) is 0 Å². The van der Waals surface area contributed by atoms with Gasteiger partial charge in [0.2, 0.25) is 0 Å². The van der Waals surface area contributed by atoms with Crippen molar-refractivity contribution in [1.29, 1.82) is 0 Å². The summed E-state index contributed by atoms with van der Waals surface area (Å²) in [7, 11) is 1.74. The van der Waals surface area contributed by atoms with Crippen LogP contribution in [0.1, 0.15) is 24.4 Å². The predicted molar refractivity (Wildman–Crippen MR) is 105 cm³/mol. The maximum absolute atomic E-state index is 13.4. The van der Waals surface area contributed by atoms with E-state index in [0.717, 1.165) is 31.0 Å². The highest BCUT2D eigenvalue weighted by atomic mass is 19.1. The fourth-order valence-electron chi connectivity index (χ4n) is 3.29. The largest absolute Gasteiger partial charge is 0.379 e. The molecule has 2 heterocycles. The first-order chi connectivity index (χ1) is 13.7. The highest BCUT2D eigenvalue weighted by Crippen LogP contribution is 2.21. The van der Waals surface area contributed by atoms with E-state index < -0.39 is 0 Å². The summed E-state index contributed by atoms with van der Waals surface area (Å²) in [5, 5.41) is 14.7. The molecule has 152 valence electrons. The highest BCUT2D eigenvalue weighted by Gasteiger charge is 2.23. The number of aromatic nitrogens is 3. The van der Waals surface area contributed by atoms with Gasteiger partial charge in [0.05, 0.1) is 25.8 Å². The van der Waals surface area contributed by atoms with Crippen LogP contribution in [0.25, 0.3) is 0 Å². The zero-order chi connectivity index (χ0) is 19.8. The molecule has 1 aliphatic heterocycles. The first kappa shape index (κ1) is 20.2. The normalized spacial score (nSPS) is 16.8. The van der Waals surface area contributed by atoms with Crippen molar-refractivity contribution < 1.29 is 9.13 Å². The van der Waals surface area contributed by atoms with Gasteiger partial charge in [-0.2, -0.15) is 0 Å². The van der Waals surface area contributed by atoms with E-state index in [-0.39, 0.29) is 11.9 Å². The molecule has 9 heteroatoms. The summed E-state index contributed by atoms with van der Waals surface area (Å²) in [4.78, 5) is 6.65. The number of hydrogen-bond donors (Lipinski definition) is 2. The molecule has 0 spiro atoms. The number of aliphatic imine (C=N–C) groups is 1. The summed E-state index contributed by atoms with van der Waals surface area (Å²) in [5.74, 6) is 1.31. The Morgan fingerprint density at radius 1 is 1.25 bits per heavy atom. The van der Waals surface area contributed by atoms with Gasteiger partial charge in [0.15, 0.2) is 11.8 Å². The van der Waals surface area contributed by atoms with Crippen molar-refractivity contribution in [2.75, 3.05) is 39.9 Å². The molecule has 8 nitrogen and oxygen atoms in total. The maximum atomic E-state index is 13.4. The molecule has 0 amide bonds. The second-order valence-electron chi connectivity index (χ2n) is 6.56. The Morgan fingerprint density at radius 2 is 2.00 bits per heavy atom. The summed E-state index contributed by atoms with van der Waals surface area (Å²) >= 11 is 0. The molecule has 0 saturated carbocycles. The average Bonchev–Trinajstić information content (AvgIpc) is 3.20. The van der Waals surface area contributed by atoms with Crippen molar-refractivity contribution in [3.8, 4) is 0 Å². The molecule has 1 aliphatic rings.